The first-order valence-corrected chi connectivity index (χ1v) is 7.98. The third-order valence-electron chi connectivity index (χ3n) is 2.12. The van der Waals surface area contributed by atoms with Crippen LogP contribution in [0.5, 0.6) is 0 Å². The molecule has 106 valence electrons. The lowest BCUT2D eigenvalue weighted by Crippen LogP contribution is -2.15. The minimum absolute atomic E-state index is 0.0639. The van der Waals surface area contributed by atoms with Crippen molar-refractivity contribution in [1.82, 2.24) is 9.97 Å². The Balaban J connectivity index is 2.40. The Kier molecular flexibility index (Phi) is 4.48. The van der Waals surface area contributed by atoms with E-state index < -0.39 is 20.7 Å². The Morgan fingerprint density at radius 2 is 1.90 bits per heavy atom. The molecule has 0 bridgehead atoms. The van der Waals surface area contributed by atoms with E-state index in [1.54, 1.807) is 0 Å². The fraction of sp³-hybridized carbons (Fsp3) is 0. The minimum atomic E-state index is -4.17. The van der Waals surface area contributed by atoms with Gasteiger partial charge in [0.15, 0.2) is 5.82 Å². The van der Waals surface area contributed by atoms with Crippen molar-refractivity contribution >= 4 is 55.0 Å². The average Bonchev–Trinajstić information content (AvgIpc) is 2.36. The average molecular weight is 401 g/mol. The lowest BCUT2D eigenvalue weighted by atomic mass is 10.3. The molecule has 0 spiro atoms. The van der Waals surface area contributed by atoms with Gasteiger partial charge in [-0.3, -0.25) is 4.72 Å². The van der Waals surface area contributed by atoms with Crippen LogP contribution in [0.15, 0.2) is 33.9 Å². The van der Waals surface area contributed by atoms with E-state index >= 15 is 0 Å². The molecule has 0 atom stereocenters. The first kappa shape index (κ1) is 15.4. The second-order valence-corrected chi connectivity index (χ2v) is 6.83. The zero-order chi connectivity index (χ0) is 14.9. The summed E-state index contributed by atoms with van der Waals surface area (Å²) in [5, 5.41) is 0.166. The van der Waals surface area contributed by atoms with Crippen molar-refractivity contribution in [3.05, 3.63) is 45.0 Å². The molecule has 10 heteroatoms. The maximum atomic E-state index is 13.7. The van der Waals surface area contributed by atoms with E-state index in [1.165, 1.54) is 0 Å². The Morgan fingerprint density at radius 1 is 1.20 bits per heavy atom. The second-order valence-electron chi connectivity index (χ2n) is 3.53. The van der Waals surface area contributed by atoms with Gasteiger partial charge in [0, 0.05) is 4.47 Å². The topological polar surface area (TPSA) is 72.0 Å². The number of rotatable bonds is 3. The molecule has 5 nitrogen and oxygen atoms in total. The highest BCUT2D eigenvalue weighted by Gasteiger charge is 2.21. The van der Waals surface area contributed by atoms with Crippen LogP contribution < -0.4 is 4.72 Å². The van der Waals surface area contributed by atoms with E-state index in [1.807, 2.05) is 0 Å². The van der Waals surface area contributed by atoms with Crippen LogP contribution in [-0.4, -0.2) is 18.4 Å². The van der Waals surface area contributed by atoms with Gasteiger partial charge < -0.3 is 0 Å². The molecule has 0 aliphatic heterocycles. The molecule has 0 saturated carbocycles. The summed E-state index contributed by atoms with van der Waals surface area (Å²) in [5.41, 5.74) is 0. The minimum Gasteiger partial charge on any atom is -0.262 e. The van der Waals surface area contributed by atoms with Crippen molar-refractivity contribution in [2.75, 3.05) is 4.72 Å². The van der Waals surface area contributed by atoms with Gasteiger partial charge in [-0.1, -0.05) is 23.2 Å². The normalized spacial score (nSPS) is 11.4. The smallest absolute Gasteiger partial charge is 0.262 e. The van der Waals surface area contributed by atoms with Crippen LogP contribution >= 0.6 is 39.1 Å². The third-order valence-corrected chi connectivity index (χ3v) is 4.89. The summed E-state index contributed by atoms with van der Waals surface area (Å²) in [6.45, 7) is 0. The van der Waals surface area contributed by atoms with Crippen molar-refractivity contribution in [3.63, 3.8) is 0 Å². The highest BCUT2D eigenvalue weighted by molar-refractivity contribution is 9.10. The van der Waals surface area contributed by atoms with E-state index in [0.29, 0.717) is 0 Å². The van der Waals surface area contributed by atoms with Gasteiger partial charge in [0.2, 0.25) is 0 Å². The fourth-order valence-corrected chi connectivity index (χ4v) is 2.99. The lowest BCUT2D eigenvalue weighted by Gasteiger charge is -2.09. The molecule has 0 aliphatic rings. The zero-order valence-electron chi connectivity index (χ0n) is 9.44. The van der Waals surface area contributed by atoms with E-state index in [9.17, 15) is 12.8 Å². The van der Waals surface area contributed by atoms with Crippen LogP contribution in [0.3, 0.4) is 0 Å². The molecule has 0 fully saturated rings. The standard InChI is InChI=1S/C10H5BrCl2FN3O2S/c11-5-1-7(14)8(2-6(5)12)20(18,19)17-10-4-15-9(13)3-16-10/h1-4H,(H,16,17). The summed E-state index contributed by atoms with van der Waals surface area (Å²) in [7, 11) is -4.17. The first-order valence-electron chi connectivity index (χ1n) is 4.94. The molecule has 0 aliphatic carbocycles. The molecular weight excluding hydrogens is 396 g/mol. The zero-order valence-corrected chi connectivity index (χ0v) is 13.4. The number of nitrogens with one attached hydrogen (secondary N) is 1. The maximum Gasteiger partial charge on any atom is 0.266 e. The van der Waals surface area contributed by atoms with Gasteiger partial charge in [-0.05, 0) is 28.1 Å². The molecule has 1 N–H and O–H groups in total. The predicted octanol–water partition coefficient (Wildman–Crippen LogP) is 3.49. The van der Waals surface area contributed by atoms with Crippen LogP contribution in [0.2, 0.25) is 10.2 Å². The van der Waals surface area contributed by atoms with Crippen LogP contribution in [0.1, 0.15) is 0 Å². The van der Waals surface area contributed by atoms with Crippen molar-refractivity contribution in [3.8, 4) is 0 Å². The lowest BCUT2D eigenvalue weighted by molar-refractivity contribution is 0.569. The highest BCUT2D eigenvalue weighted by atomic mass is 79.9. The number of hydrogen-bond acceptors (Lipinski definition) is 4. The Morgan fingerprint density at radius 3 is 2.50 bits per heavy atom. The molecule has 0 radical (unpaired) electrons. The summed E-state index contributed by atoms with van der Waals surface area (Å²) in [5.74, 6) is -1.04. The summed E-state index contributed by atoms with van der Waals surface area (Å²) in [4.78, 5) is 6.77. The number of aromatic nitrogens is 2. The van der Waals surface area contributed by atoms with Crippen molar-refractivity contribution in [2.24, 2.45) is 0 Å². The highest BCUT2D eigenvalue weighted by Crippen LogP contribution is 2.28. The molecule has 1 aromatic heterocycles. The van der Waals surface area contributed by atoms with Crippen molar-refractivity contribution in [2.45, 2.75) is 4.90 Å². The number of halogens is 4. The molecular formula is C10H5BrCl2FN3O2S. The molecule has 2 rings (SSSR count). The first-order chi connectivity index (χ1) is 9.29. The Hall–Kier alpha value is -0.960. The maximum absolute atomic E-state index is 13.7. The molecule has 0 amide bonds. The van der Waals surface area contributed by atoms with Crippen LogP contribution in [0.4, 0.5) is 10.2 Å². The van der Waals surface area contributed by atoms with Crippen LogP contribution in [0, 0.1) is 5.82 Å². The molecule has 0 saturated heterocycles. The predicted molar refractivity (Wildman–Crippen MR) is 77.0 cm³/mol. The van der Waals surface area contributed by atoms with E-state index in [0.717, 1.165) is 24.5 Å². The van der Waals surface area contributed by atoms with Crippen molar-refractivity contribution in [1.29, 1.82) is 0 Å². The van der Waals surface area contributed by atoms with Gasteiger partial charge in [0.1, 0.15) is 15.9 Å². The van der Waals surface area contributed by atoms with Gasteiger partial charge in [-0.25, -0.2) is 22.8 Å². The van der Waals surface area contributed by atoms with Crippen LogP contribution in [-0.2, 0) is 10.0 Å². The summed E-state index contributed by atoms with van der Waals surface area (Å²) >= 11 is 14.3. The van der Waals surface area contributed by atoms with Gasteiger partial charge >= 0.3 is 0 Å². The molecule has 1 heterocycles. The fourth-order valence-electron chi connectivity index (χ4n) is 1.27. The number of sulfonamides is 1. The molecule has 1 aromatic carbocycles. The quantitative estimate of drug-likeness (QED) is 0.800. The Labute approximate surface area is 132 Å². The van der Waals surface area contributed by atoms with Gasteiger partial charge in [0.25, 0.3) is 10.0 Å². The monoisotopic (exact) mass is 399 g/mol. The van der Waals surface area contributed by atoms with E-state index in [2.05, 4.69) is 30.6 Å². The number of anilines is 1. The SMILES string of the molecule is O=S(=O)(Nc1cnc(Cl)cn1)c1cc(Cl)c(Br)cc1F. The van der Waals surface area contributed by atoms with Gasteiger partial charge in [-0.15, -0.1) is 0 Å². The Bertz CT molecular complexity index is 756. The largest absolute Gasteiger partial charge is 0.266 e. The summed E-state index contributed by atoms with van der Waals surface area (Å²) in [6.07, 6.45) is 2.27. The molecule has 20 heavy (non-hydrogen) atoms. The van der Waals surface area contributed by atoms with Gasteiger partial charge in [0.05, 0.1) is 17.4 Å². The molecule has 2 aromatic rings. The number of benzene rings is 1. The second kappa shape index (κ2) is 5.80. The van der Waals surface area contributed by atoms with E-state index in [-0.39, 0.29) is 20.5 Å². The van der Waals surface area contributed by atoms with Crippen molar-refractivity contribution < 1.29 is 12.8 Å². The van der Waals surface area contributed by atoms with E-state index in [4.69, 9.17) is 23.2 Å². The van der Waals surface area contributed by atoms with Gasteiger partial charge in [-0.2, -0.15) is 0 Å². The summed E-state index contributed by atoms with van der Waals surface area (Å²) in [6, 6.07) is 1.96. The number of nitrogens with zero attached hydrogens (tertiary/aromatic N) is 2. The van der Waals surface area contributed by atoms with Crippen LogP contribution in [0.25, 0.3) is 0 Å². The third kappa shape index (κ3) is 3.38. The summed E-state index contributed by atoms with van der Waals surface area (Å²) < 4.78 is 40.1. The number of hydrogen-bond donors (Lipinski definition) is 1. The molecule has 0 unspecified atom stereocenters.